The number of halogens is 1. The van der Waals surface area contributed by atoms with Gasteiger partial charge in [0.2, 0.25) is 5.88 Å². The molecule has 0 radical (unpaired) electrons. The lowest BCUT2D eigenvalue weighted by molar-refractivity contribution is -0.384. The van der Waals surface area contributed by atoms with Crippen LogP contribution in [0.1, 0.15) is 18.4 Å². The number of sulfone groups is 1. The summed E-state index contributed by atoms with van der Waals surface area (Å²) in [5.74, 6) is 0.885. The van der Waals surface area contributed by atoms with E-state index in [2.05, 4.69) is 15.2 Å². The number of nitrogens with one attached hydrogen (secondary N) is 1. The first-order chi connectivity index (χ1) is 21.1. The van der Waals surface area contributed by atoms with E-state index in [1.807, 2.05) is 36.4 Å². The number of benzene rings is 3. The van der Waals surface area contributed by atoms with Gasteiger partial charge in [-0.3, -0.25) is 19.9 Å². The molecule has 0 aliphatic carbocycles. The van der Waals surface area contributed by atoms with Crippen LogP contribution >= 0.6 is 11.6 Å². The summed E-state index contributed by atoms with van der Waals surface area (Å²) < 4.78 is 29.1. The molecule has 5 rings (SSSR count). The van der Waals surface area contributed by atoms with Crippen LogP contribution in [0.5, 0.6) is 11.6 Å². The molecule has 1 fully saturated rings. The minimum Gasteiger partial charge on any atom is -0.439 e. The molecule has 4 aromatic rings. The van der Waals surface area contributed by atoms with Crippen LogP contribution in [0.25, 0.3) is 0 Å². The van der Waals surface area contributed by atoms with Crippen LogP contribution in [0.15, 0.2) is 96.0 Å². The molecule has 0 unspecified atom stereocenters. The number of piperidine rings is 1. The van der Waals surface area contributed by atoms with Gasteiger partial charge in [-0.1, -0.05) is 35.9 Å². The fourth-order valence-corrected chi connectivity index (χ4v) is 5.85. The predicted octanol–water partition coefficient (Wildman–Crippen LogP) is 6.54. The highest BCUT2D eigenvalue weighted by Gasteiger charge is 2.30. The Morgan fingerprint density at radius 3 is 2.39 bits per heavy atom. The summed E-state index contributed by atoms with van der Waals surface area (Å²) in [5.41, 5.74) is 1.75. The molecule has 228 valence electrons. The lowest BCUT2D eigenvalue weighted by Crippen LogP contribution is -2.49. The molecule has 44 heavy (non-hydrogen) atoms. The van der Waals surface area contributed by atoms with E-state index in [9.17, 15) is 23.3 Å². The summed E-state index contributed by atoms with van der Waals surface area (Å²) in [7, 11) is -3.28. The molecule has 0 saturated carbocycles. The monoisotopic (exact) mass is 635 g/mol. The molecule has 1 aliphatic heterocycles. The van der Waals surface area contributed by atoms with E-state index in [-0.39, 0.29) is 33.4 Å². The van der Waals surface area contributed by atoms with E-state index in [0.29, 0.717) is 18.2 Å². The van der Waals surface area contributed by atoms with Crippen molar-refractivity contribution in [3.8, 4) is 11.6 Å². The van der Waals surface area contributed by atoms with Crippen molar-refractivity contribution < 1.29 is 22.9 Å². The number of hydrogen-bond acceptors (Lipinski definition) is 8. The number of likely N-dealkylation sites (tertiary alicyclic amines) is 1. The molecule has 0 bridgehead atoms. The molecule has 0 spiro atoms. The summed E-state index contributed by atoms with van der Waals surface area (Å²) >= 11 is 5.94. The van der Waals surface area contributed by atoms with E-state index < -0.39 is 14.8 Å². The molecular formula is C31H30ClN5O6S. The van der Waals surface area contributed by atoms with Crippen LogP contribution in [0.2, 0.25) is 5.02 Å². The van der Waals surface area contributed by atoms with Crippen molar-refractivity contribution in [3.63, 3.8) is 0 Å². The fraction of sp³-hybridized carbons (Fsp3) is 0.226. The Hall–Kier alpha value is -4.52. The van der Waals surface area contributed by atoms with Gasteiger partial charge in [-0.05, 0) is 66.9 Å². The Kier molecular flexibility index (Phi) is 9.43. The third-order valence-corrected chi connectivity index (χ3v) is 8.70. The number of aromatic nitrogens is 1. The second kappa shape index (κ2) is 13.4. The zero-order valence-corrected chi connectivity index (χ0v) is 25.4. The van der Waals surface area contributed by atoms with Gasteiger partial charge < -0.3 is 10.1 Å². The minimum absolute atomic E-state index is 0.00104. The molecule has 0 atom stereocenters. The maximum Gasteiger partial charge on any atom is 0.326 e. The first kappa shape index (κ1) is 30.9. The first-order valence-corrected chi connectivity index (χ1v) is 16.1. The number of nitro groups is 1. The highest BCUT2D eigenvalue weighted by atomic mass is 35.5. The molecule has 1 N–H and O–H groups in total. The smallest absolute Gasteiger partial charge is 0.326 e. The highest BCUT2D eigenvalue weighted by molar-refractivity contribution is 7.90. The summed E-state index contributed by atoms with van der Waals surface area (Å²) in [6.45, 7) is 2.17. The van der Waals surface area contributed by atoms with Crippen molar-refractivity contribution in [1.82, 2.24) is 9.88 Å². The third kappa shape index (κ3) is 7.70. The summed E-state index contributed by atoms with van der Waals surface area (Å²) in [5, 5.41) is 14.1. The number of carbonyl (C=O) groups excluding carboxylic acids is 1. The van der Waals surface area contributed by atoms with Gasteiger partial charge in [-0.25, -0.2) is 18.2 Å². The summed E-state index contributed by atoms with van der Waals surface area (Å²) in [4.78, 5) is 32.9. The number of nitro benzene ring substituents is 1. The number of anilines is 2. The second-order valence-corrected chi connectivity index (χ2v) is 12.8. The summed E-state index contributed by atoms with van der Waals surface area (Å²) in [6.07, 6.45) is 4.35. The van der Waals surface area contributed by atoms with E-state index in [1.165, 1.54) is 30.3 Å². The lowest BCUT2D eigenvalue weighted by atomic mass is 10.0. The van der Waals surface area contributed by atoms with Gasteiger partial charge in [0.15, 0.2) is 9.84 Å². The fourth-order valence-electron chi connectivity index (χ4n) is 5.03. The predicted molar refractivity (Wildman–Crippen MR) is 168 cm³/mol. The zero-order chi connectivity index (χ0) is 31.3. The van der Waals surface area contributed by atoms with E-state index in [4.69, 9.17) is 16.3 Å². The van der Waals surface area contributed by atoms with Gasteiger partial charge in [-0.2, -0.15) is 0 Å². The quantitative estimate of drug-likeness (QED) is 0.162. The Labute approximate surface area is 260 Å². The van der Waals surface area contributed by atoms with Crippen LogP contribution in [0.3, 0.4) is 0 Å². The largest absolute Gasteiger partial charge is 0.439 e. The number of hydrogen-bond donors (Lipinski definition) is 1. The highest BCUT2D eigenvalue weighted by Crippen LogP contribution is 2.30. The van der Waals surface area contributed by atoms with Gasteiger partial charge in [0, 0.05) is 61.6 Å². The van der Waals surface area contributed by atoms with Crippen molar-refractivity contribution in [2.75, 3.05) is 29.6 Å². The van der Waals surface area contributed by atoms with Gasteiger partial charge in [-0.15, -0.1) is 0 Å². The molecule has 11 nitrogen and oxygen atoms in total. The number of ether oxygens (including phenoxy) is 1. The molecule has 3 aromatic carbocycles. The molecule has 2 heterocycles. The van der Waals surface area contributed by atoms with Gasteiger partial charge in [0.1, 0.15) is 10.8 Å². The molecule has 1 saturated heterocycles. The Morgan fingerprint density at radius 1 is 1.07 bits per heavy atom. The average Bonchev–Trinajstić information content (AvgIpc) is 3.00. The minimum atomic E-state index is -3.28. The maximum atomic E-state index is 13.5. The molecule has 13 heteroatoms. The van der Waals surface area contributed by atoms with Crippen LogP contribution in [-0.4, -0.2) is 54.6 Å². The van der Waals surface area contributed by atoms with Crippen LogP contribution in [0, 0.1) is 10.1 Å². The van der Waals surface area contributed by atoms with Gasteiger partial charge in [0.05, 0.1) is 9.82 Å². The van der Waals surface area contributed by atoms with Gasteiger partial charge >= 0.3 is 6.03 Å². The number of rotatable bonds is 9. The van der Waals surface area contributed by atoms with Crippen LogP contribution in [0.4, 0.5) is 21.9 Å². The van der Waals surface area contributed by atoms with Crippen LogP contribution in [-0.2, 0) is 16.4 Å². The van der Waals surface area contributed by atoms with Crippen LogP contribution < -0.4 is 15.0 Å². The van der Waals surface area contributed by atoms with E-state index >= 15 is 0 Å². The van der Waals surface area contributed by atoms with Crippen molar-refractivity contribution in [3.05, 3.63) is 112 Å². The first-order valence-electron chi connectivity index (χ1n) is 13.8. The van der Waals surface area contributed by atoms with Crippen molar-refractivity contribution in [2.45, 2.75) is 30.3 Å². The zero-order valence-electron chi connectivity index (χ0n) is 23.8. The normalized spacial score (nSPS) is 14.1. The Bertz CT molecular complexity index is 1730. The number of pyridine rings is 1. The van der Waals surface area contributed by atoms with Crippen molar-refractivity contribution in [1.29, 1.82) is 0 Å². The van der Waals surface area contributed by atoms with E-state index in [1.54, 1.807) is 29.3 Å². The number of para-hydroxylation sites is 1. The SMILES string of the molecule is CS(=O)(=O)c1ccc(Oc2ccc(CN3CCC(N(C(=O)Nc4ccc(Cl)c([N+](=O)[O-])c4)c4ccccc4)CC3)cn2)cc1. The van der Waals surface area contributed by atoms with Crippen molar-refractivity contribution in [2.24, 2.45) is 0 Å². The van der Waals surface area contributed by atoms with E-state index in [0.717, 1.165) is 43.4 Å². The maximum absolute atomic E-state index is 13.5. The Morgan fingerprint density at radius 2 is 1.77 bits per heavy atom. The molecule has 1 aromatic heterocycles. The number of urea groups is 1. The number of amides is 2. The average molecular weight is 636 g/mol. The molecular weight excluding hydrogens is 606 g/mol. The molecule has 2 amide bonds. The third-order valence-electron chi connectivity index (χ3n) is 7.25. The standard InChI is InChI=1S/C31H30ClN5O6S/c1-44(41,42)27-11-9-26(10-12-27)43-30-14-7-22(20-33-30)21-35-17-15-25(16-18-35)36(24-5-3-2-4-6-24)31(38)34-23-8-13-28(32)29(19-23)37(39)40/h2-14,19-20,25H,15-18,21H2,1H3,(H,34,38). The van der Waals surface area contributed by atoms with Gasteiger partial charge in [0.25, 0.3) is 5.69 Å². The topological polar surface area (TPSA) is 135 Å². The lowest BCUT2D eigenvalue weighted by Gasteiger charge is -2.38. The Balaban J connectivity index is 1.20. The van der Waals surface area contributed by atoms with Crippen molar-refractivity contribution >= 4 is 44.5 Å². The summed E-state index contributed by atoms with van der Waals surface area (Å²) in [6, 6.07) is 23.0. The number of nitrogens with zero attached hydrogens (tertiary/aromatic N) is 4. The number of carbonyl (C=O) groups is 1. The second-order valence-electron chi connectivity index (χ2n) is 10.4. The molecule has 1 aliphatic rings.